The summed E-state index contributed by atoms with van der Waals surface area (Å²) in [5, 5.41) is 3.81. The van der Waals surface area contributed by atoms with Crippen LogP contribution in [0.3, 0.4) is 0 Å². The van der Waals surface area contributed by atoms with E-state index in [0.717, 1.165) is 12.0 Å². The van der Waals surface area contributed by atoms with Crippen molar-refractivity contribution < 1.29 is 0 Å². The Kier molecular flexibility index (Phi) is 2.39. The summed E-state index contributed by atoms with van der Waals surface area (Å²) in [6, 6.07) is 0.792. The van der Waals surface area contributed by atoms with Crippen LogP contribution in [0.2, 0.25) is 0 Å². The standard InChI is InChI=1S/C10H19NS/c1-3-9-7-12-10(11-9)5-4-8(2)6-10/h8-9,11H,3-7H2,1-2H3. The van der Waals surface area contributed by atoms with Crippen LogP contribution in [0.5, 0.6) is 0 Å². The second-order valence-electron chi connectivity index (χ2n) is 4.40. The van der Waals surface area contributed by atoms with Gasteiger partial charge in [0, 0.05) is 11.8 Å². The highest BCUT2D eigenvalue weighted by Gasteiger charge is 2.43. The molecule has 12 heavy (non-hydrogen) atoms. The quantitative estimate of drug-likeness (QED) is 0.674. The van der Waals surface area contributed by atoms with Crippen molar-refractivity contribution in [1.29, 1.82) is 0 Å². The van der Waals surface area contributed by atoms with Crippen molar-refractivity contribution in [2.75, 3.05) is 5.75 Å². The SMILES string of the molecule is CCC1CSC2(CCC(C)C2)N1. The normalized spacial score (nSPS) is 47.5. The number of hydrogen-bond acceptors (Lipinski definition) is 2. The Labute approximate surface area is 79.7 Å². The van der Waals surface area contributed by atoms with Crippen LogP contribution in [0, 0.1) is 5.92 Å². The molecule has 2 aliphatic rings. The van der Waals surface area contributed by atoms with Gasteiger partial charge in [-0.05, 0) is 31.6 Å². The van der Waals surface area contributed by atoms with Crippen LogP contribution < -0.4 is 5.32 Å². The van der Waals surface area contributed by atoms with Gasteiger partial charge in [-0.1, -0.05) is 13.8 Å². The fourth-order valence-electron chi connectivity index (χ4n) is 2.44. The lowest BCUT2D eigenvalue weighted by Gasteiger charge is -2.23. The van der Waals surface area contributed by atoms with Gasteiger partial charge in [0.05, 0.1) is 4.87 Å². The molecule has 3 atom stereocenters. The molecule has 1 saturated carbocycles. The summed E-state index contributed by atoms with van der Waals surface area (Å²) in [5.74, 6) is 2.28. The lowest BCUT2D eigenvalue weighted by molar-refractivity contribution is 0.427. The third kappa shape index (κ3) is 1.51. The first-order valence-corrected chi connectivity index (χ1v) is 6.14. The highest BCUT2D eigenvalue weighted by molar-refractivity contribution is 8.00. The average Bonchev–Trinajstić information content (AvgIpc) is 2.61. The third-order valence-electron chi connectivity index (χ3n) is 3.24. The second kappa shape index (κ2) is 3.22. The first kappa shape index (κ1) is 8.89. The van der Waals surface area contributed by atoms with E-state index in [1.807, 2.05) is 0 Å². The highest BCUT2D eigenvalue weighted by atomic mass is 32.2. The van der Waals surface area contributed by atoms with Gasteiger partial charge in [-0.15, -0.1) is 11.8 Å². The molecule has 1 heterocycles. The maximum atomic E-state index is 3.81. The van der Waals surface area contributed by atoms with Crippen LogP contribution in [0.25, 0.3) is 0 Å². The van der Waals surface area contributed by atoms with Crippen molar-refractivity contribution >= 4 is 11.8 Å². The van der Waals surface area contributed by atoms with E-state index in [0.29, 0.717) is 4.87 Å². The number of nitrogens with one attached hydrogen (secondary N) is 1. The minimum Gasteiger partial charge on any atom is -0.299 e. The minimum absolute atomic E-state index is 0.500. The molecule has 3 unspecified atom stereocenters. The van der Waals surface area contributed by atoms with Crippen LogP contribution in [-0.2, 0) is 0 Å². The van der Waals surface area contributed by atoms with Crippen molar-refractivity contribution in [3.8, 4) is 0 Å². The van der Waals surface area contributed by atoms with Crippen LogP contribution in [0.15, 0.2) is 0 Å². The van der Waals surface area contributed by atoms with E-state index in [-0.39, 0.29) is 0 Å². The highest BCUT2D eigenvalue weighted by Crippen LogP contribution is 2.46. The fraction of sp³-hybridized carbons (Fsp3) is 1.00. The molecule has 1 nitrogen and oxygen atoms in total. The summed E-state index contributed by atoms with van der Waals surface area (Å²) in [7, 11) is 0. The molecule has 0 amide bonds. The number of hydrogen-bond donors (Lipinski definition) is 1. The van der Waals surface area contributed by atoms with Gasteiger partial charge in [-0.25, -0.2) is 0 Å². The predicted molar refractivity (Wildman–Crippen MR) is 55.4 cm³/mol. The van der Waals surface area contributed by atoms with E-state index in [4.69, 9.17) is 0 Å². The smallest absolute Gasteiger partial charge is 0.0650 e. The molecule has 1 N–H and O–H groups in total. The molecular formula is C10H19NS. The van der Waals surface area contributed by atoms with Crippen molar-refractivity contribution in [3.63, 3.8) is 0 Å². The van der Waals surface area contributed by atoms with Gasteiger partial charge in [-0.3, -0.25) is 5.32 Å². The molecule has 1 saturated heterocycles. The van der Waals surface area contributed by atoms with Crippen LogP contribution in [0.4, 0.5) is 0 Å². The monoisotopic (exact) mass is 185 g/mol. The number of rotatable bonds is 1. The molecule has 2 rings (SSSR count). The topological polar surface area (TPSA) is 12.0 Å². The second-order valence-corrected chi connectivity index (χ2v) is 5.81. The third-order valence-corrected chi connectivity index (χ3v) is 4.85. The van der Waals surface area contributed by atoms with Crippen molar-refractivity contribution in [2.45, 2.75) is 50.4 Å². The van der Waals surface area contributed by atoms with Gasteiger partial charge in [-0.2, -0.15) is 0 Å². The van der Waals surface area contributed by atoms with E-state index in [2.05, 4.69) is 30.9 Å². The summed E-state index contributed by atoms with van der Waals surface area (Å²) < 4.78 is 0. The van der Waals surface area contributed by atoms with Gasteiger partial charge in [0.1, 0.15) is 0 Å². The molecule has 0 aromatic rings. The van der Waals surface area contributed by atoms with Crippen LogP contribution in [0.1, 0.15) is 39.5 Å². The van der Waals surface area contributed by atoms with Crippen molar-refractivity contribution in [2.24, 2.45) is 5.92 Å². The molecule has 0 radical (unpaired) electrons. The summed E-state index contributed by atoms with van der Waals surface area (Å²) in [5.41, 5.74) is 0. The Morgan fingerprint density at radius 1 is 1.58 bits per heavy atom. The Bertz CT molecular complexity index is 171. The Morgan fingerprint density at radius 3 is 2.92 bits per heavy atom. The molecule has 2 heteroatoms. The lowest BCUT2D eigenvalue weighted by atomic mass is 10.1. The molecule has 2 fully saturated rings. The zero-order valence-electron chi connectivity index (χ0n) is 8.10. The molecule has 1 spiro atoms. The van der Waals surface area contributed by atoms with E-state index < -0.39 is 0 Å². The molecule has 0 bridgehead atoms. The maximum absolute atomic E-state index is 3.81. The molecule has 0 aromatic heterocycles. The summed E-state index contributed by atoms with van der Waals surface area (Å²) >= 11 is 2.18. The first-order chi connectivity index (χ1) is 5.74. The summed E-state index contributed by atoms with van der Waals surface area (Å²) in [6.07, 6.45) is 5.52. The Balaban J connectivity index is 1.97. The summed E-state index contributed by atoms with van der Waals surface area (Å²) in [6.45, 7) is 4.67. The van der Waals surface area contributed by atoms with Crippen molar-refractivity contribution in [3.05, 3.63) is 0 Å². The van der Waals surface area contributed by atoms with Gasteiger partial charge in [0.25, 0.3) is 0 Å². The van der Waals surface area contributed by atoms with E-state index >= 15 is 0 Å². The van der Waals surface area contributed by atoms with Crippen LogP contribution in [-0.4, -0.2) is 16.7 Å². The maximum Gasteiger partial charge on any atom is 0.0650 e. The Hall–Kier alpha value is 0.310. The van der Waals surface area contributed by atoms with E-state index in [1.165, 1.54) is 31.4 Å². The summed E-state index contributed by atoms with van der Waals surface area (Å²) in [4.78, 5) is 0.500. The first-order valence-electron chi connectivity index (χ1n) is 5.16. The zero-order valence-corrected chi connectivity index (χ0v) is 8.91. The number of thioether (sulfide) groups is 1. The molecular weight excluding hydrogens is 166 g/mol. The van der Waals surface area contributed by atoms with Gasteiger partial charge in [0.2, 0.25) is 0 Å². The van der Waals surface area contributed by atoms with E-state index in [9.17, 15) is 0 Å². The van der Waals surface area contributed by atoms with Crippen molar-refractivity contribution in [1.82, 2.24) is 5.32 Å². The van der Waals surface area contributed by atoms with Gasteiger partial charge in [0.15, 0.2) is 0 Å². The molecule has 1 aliphatic heterocycles. The zero-order chi connectivity index (χ0) is 8.60. The van der Waals surface area contributed by atoms with Crippen LogP contribution >= 0.6 is 11.8 Å². The molecule has 70 valence electrons. The Morgan fingerprint density at radius 2 is 2.42 bits per heavy atom. The fourth-order valence-corrected chi connectivity index (χ4v) is 4.20. The minimum atomic E-state index is 0.500. The van der Waals surface area contributed by atoms with Gasteiger partial charge >= 0.3 is 0 Å². The average molecular weight is 185 g/mol. The van der Waals surface area contributed by atoms with Gasteiger partial charge < -0.3 is 0 Å². The molecule has 1 aliphatic carbocycles. The lowest BCUT2D eigenvalue weighted by Crippen LogP contribution is -2.39. The largest absolute Gasteiger partial charge is 0.299 e. The molecule has 0 aromatic carbocycles. The van der Waals surface area contributed by atoms with E-state index in [1.54, 1.807) is 0 Å². The predicted octanol–water partition coefficient (Wildman–Crippen LogP) is 2.62.